The highest BCUT2D eigenvalue weighted by molar-refractivity contribution is 5.98. The van der Waals surface area contributed by atoms with Gasteiger partial charge in [0, 0.05) is 17.5 Å². The number of aromatic nitrogens is 2. The summed E-state index contributed by atoms with van der Waals surface area (Å²) in [6.45, 7) is 0. The number of nitrogens with zero attached hydrogens (tertiary/aromatic N) is 2. The molecule has 0 saturated heterocycles. The molecule has 2 aromatic heterocycles. The van der Waals surface area contributed by atoms with Crippen molar-refractivity contribution in [2.75, 3.05) is 10.6 Å². The fourth-order valence-electron chi connectivity index (χ4n) is 3.66. The minimum absolute atomic E-state index is 0.0332. The van der Waals surface area contributed by atoms with Crippen LogP contribution in [0.2, 0.25) is 0 Å². The topological polar surface area (TPSA) is 119 Å². The lowest BCUT2D eigenvalue weighted by Crippen LogP contribution is -2.43. The van der Waals surface area contributed by atoms with E-state index in [1.54, 1.807) is 6.20 Å². The number of pyridine rings is 2. The second kappa shape index (κ2) is 8.00. The number of amides is 1. The Morgan fingerprint density at radius 3 is 2.72 bits per heavy atom. The zero-order chi connectivity index (χ0) is 20.4. The molecule has 2 atom stereocenters. The number of rotatable bonds is 5. The molecule has 0 aliphatic heterocycles. The molecule has 2 unspecified atom stereocenters. The first-order chi connectivity index (χ1) is 14.0. The lowest BCUT2D eigenvalue weighted by atomic mass is 9.91. The van der Waals surface area contributed by atoms with Crippen LogP contribution in [0, 0.1) is 5.82 Å². The molecule has 1 aromatic carbocycles. The summed E-state index contributed by atoms with van der Waals surface area (Å²) in [5.74, 6) is -1.19. The summed E-state index contributed by atoms with van der Waals surface area (Å²) in [7, 11) is 0. The number of anilines is 3. The van der Waals surface area contributed by atoms with E-state index >= 15 is 0 Å². The predicted molar refractivity (Wildman–Crippen MR) is 112 cm³/mol. The Kier molecular flexibility index (Phi) is 5.26. The molecular formula is C21H23FN6O. The molecule has 150 valence electrons. The fourth-order valence-corrected chi connectivity index (χ4v) is 3.66. The zero-order valence-corrected chi connectivity index (χ0v) is 15.9. The Hall–Kier alpha value is -3.26. The van der Waals surface area contributed by atoms with Crippen LogP contribution in [-0.4, -0.2) is 28.0 Å². The third-order valence-electron chi connectivity index (χ3n) is 5.24. The van der Waals surface area contributed by atoms with Crippen LogP contribution in [-0.2, 0) is 0 Å². The van der Waals surface area contributed by atoms with Crippen molar-refractivity contribution in [3.05, 3.63) is 54.0 Å². The van der Waals surface area contributed by atoms with Gasteiger partial charge < -0.3 is 22.1 Å². The number of benzene rings is 1. The summed E-state index contributed by atoms with van der Waals surface area (Å²) in [5, 5.41) is 7.07. The number of fused-ring (bicyclic) bond motifs is 1. The number of carbonyl (C=O) groups is 1. The Morgan fingerprint density at radius 1 is 1.14 bits per heavy atom. The van der Waals surface area contributed by atoms with Crippen molar-refractivity contribution >= 4 is 34.1 Å². The van der Waals surface area contributed by atoms with Gasteiger partial charge in [0.2, 0.25) is 0 Å². The third-order valence-corrected chi connectivity index (χ3v) is 5.24. The van der Waals surface area contributed by atoms with Gasteiger partial charge in [-0.05, 0) is 31.0 Å². The molecule has 1 aliphatic rings. The molecule has 4 rings (SSSR count). The van der Waals surface area contributed by atoms with Crippen molar-refractivity contribution in [3.63, 3.8) is 0 Å². The van der Waals surface area contributed by atoms with E-state index in [1.807, 2.05) is 30.3 Å². The fraction of sp³-hybridized carbons (Fsp3) is 0.286. The third kappa shape index (κ3) is 4.12. The molecule has 29 heavy (non-hydrogen) atoms. The van der Waals surface area contributed by atoms with Gasteiger partial charge in [0.05, 0.1) is 23.0 Å². The maximum atomic E-state index is 14.6. The van der Waals surface area contributed by atoms with Crippen molar-refractivity contribution in [2.24, 2.45) is 11.5 Å². The monoisotopic (exact) mass is 394 g/mol. The molecule has 0 radical (unpaired) electrons. The summed E-state index contributed by atoms with van der Waals surface area (Å²) in [4.78, 5) is 20.5. The van der Waals surface area contributed by atoms with Gasteiger partial charge in [-0.1, -0.05) is 31.0 Å². The Morgan fingerprint density at radius 2 is 1.93 bits per heavy atom. The lowest BCUT2D eigenvalue weighted by Gasteiger charge is -2.30. The van der Waals surface area contributed by atoms with Crippen LogP contribution in [0.5, 0.6) is 0 Å². The highest BCUT2D eigenvalue weighted by Crippen LogP contribution is 2.27. The quantitative estimate of drug-likeness (QED) is 0.527. The number of hydrogen-bond donors (Lipinski definition) is 4. The largest absolute Gasteiger partial charge is 0.365 e. The minimum atomic E-state index is -0.770. The van der Waals surface area contributed by atoms with Gasteiger partial charge in [-0.15, -0.1) is 0 Å². The van der Waals surface area contributed by atoms with E-state index in [0.29, 0.717) is 5.69 Å². The molecule has 6 N–H and O–H groups in total. The summed E-state index contributed by atoms with van der Waals surface area (Å²) >= 11 is 0. The summed E-state index contributed by atoms with van der Waals surface area (Å²) in [5.41, 5.74) is 13.0. The summed E-state index contributed by atoms with van der Waals surface area (Å²) in [6.07, 6.45) is 5.45. The normalized spacial score (nSPS) is 19.1. The average Bonchev–Trinajstić information content (AvgIpc) is 2.71. The van der Waals surface area contributed by atoms with Gasteiger partial charge in [0.1, 0.15) is 5.82 Å². The maximum absolute atomic E-state index is 14.6. The lowest BCUT2D eigenvalue weighted by molar-refractivity contribution is 0.100. The second-order valence-electron chi connectivity index (χ2n) is 7.32. The SMILES string of the molecule is NC(=O)c1cc(F)c(NC2CCCCC2N)nc1Nc1cnc2ccccc2c1. The number of hydrogen-bond acceptors (Lipinski definition) is 6. The van der Waals surface area contributed by atoms with E-state index in [1.165, 1.54) is 0 Å². The molecule has 3 aromatic rings. The van der Waals surface area contributed by atoms with Crippen LogP contribution in [0.4, 0.5) is 21.7 Å². The van der Waals surface area contributed by atoms with Crippen molar-refractivity contribution in [1.29, 1.82) is 0 Å². The summed E-state index contributed by atoms with van der Waals surface area (Å²) in [6, 6.07) is 10.5. The van der Waals surface area contributed by atoms with Crippen LogP contribution >= 0.6 is 0 Å². The van der Waals surface area contributed by atoms with Crippen LogP contribution in [0.15, 0.2) is 42.6 Å². The molecule has 8 heteroatoms. The molecule has 0 bridgehead atoms. The van der Waals surface area contributed by atoms with Gasteiger partial charge in [-0.2, -0.15) is 0 Å². The molecule has 1 fully saturated rings. The van der Waals surface area contributed by atoms with E-state index in [2.05, 4.69) is 20.6 Å². The van der Waals surface area contributed by atoms with E-state index in [0.717, 1.165) is 42.7 Å². The average molecular weight is 394 g/mol. The van der Waals surface area contributed by atoms with Crippen LogP contribution < -0.4 is 22.1 Å². The van der Waals surface area contributed by atoms with Gasteiger partial charge in [-0.25, -0.2) is 9.37 Å². The second-order valence-corrected chi connectivity index (χ2v) is 7.32. The highest BCUT2D eigenvalue weighted by atomic mass is 19.1. The van der Waals surface area contributed by atoms with Crippen molar-refractivity contribution in [1.82, 2.24) is 9.97 Å². The maximum Gasteiger partial charge on any atom is 0.252 e. The van der Waals surface area contributed by atoms with E-state index < -0.39 is 11.7 Å². The number of nitrogens with two attached hydrogens (primary N) is 2. The molecule has 0 spiro atoms. The van der Waals surface area contributed by atoms with E-state index in [4.69, 9.17) is 11.5 Å². The Bertz CT molecular complexity index is 1060. The van der Waals surface area contributed by atoms with Crippen molar-refractivity contribution in [2.45, 2.75) is 37.8 Å². The van der Waals surface area contributed by atoms with Crippen LogP contribution in [0.1, 0.15) is 36.0 Å². The van der Waals surface area contributed by atoms with Crippen LogP contribution in [0.25, 0.3) is 10.9 Å². The van der Waals surface area contributed by atoms with Crippen LogP contribution in [0.3, 0.4) is 0 Å². The Balaban J connectivity index is 1.67. The molecule has 7 nitrogen and oxygen atoms in total. The van der Waals surface area contributed by atoms with E-state index in [9.17, 15) is 9.18 Å². The van der Waals surface area contributed by atoms with Crippen molar-refractivity contribution < 1.29 is 9.18 Å². The van der Waals surface area contributed by atoms with Gasteiger partial charge in [-0.3, -0.25) is 9.78 Å². The van der Waals surface area contributed by atoms with E-state index in [-0.39, 0.29) is 29.3 Å². The standard InChI is InChI=1S/C21H23FN6O/c22-15-10-14(19(24)29)20(28-21(15)27-18-8-4-2-6-16(18)23)26-13-9-12-5-1-3-7-17(12)25-11-13/h1,3,5,7,9-11,16,18H,2,4,6,8,23H2,(H2,24,29)(H2,26,27,28). The van der Waals surface area contributed by atoms with Gasteiger partial charge in [0.25, 0.3) is 5.91 Å². The minimum Gasteiger partial charge on any atom is -0.365 e. The molecular weight excluding hydrogens is 371 g/mol. The molecule has 2 heterocycles. The zero-order valence-electron chi connectivity index (χ0n) is 15.9. The number of para-hydroxylation sites is 1. The predicted octanol–water partition coefficient (Wildman–Crippen LogP) is 3.29. The number of halogens is 1. The number of primary amides is 1. The Labute approximate surface area is 167 Å². The number of carbonyl (C=O) groups excluding carboxylic acids is 1. The van der Waals surface area contributed by atoms with Gasteiger partial charge >= 0.3 is 0 Å². The summed E-state index contributed by atoms with van der Waals surface area (Å²) < 4.78 is 14.6. The first-order valence-electron chi connectivity index (χ1n) is 9.65. The first kappa shape index (κ1) is 19.1. The molecule has 1 saturated carbocycles. The van der Waals surface area contributed by atoms with Gasteiger partial charge in [0.15, 0.2) is 11.6 Å². The smallest absolute Gasteiger partial charge is 0.252 e. The molecule has 1 aliphatic carbocycles. The van der Waals surface area contributed by atoms with Crippen molar-refractivity contribution in [3.8, 4) is 0 Å². The molecule has 1 amide bonds. The highest BCUT2D eigenvalue weighted by Gasteiger charge is 2.24. The number of nitrogens with one attached hydrogen (secondary N) is 2. The first-order valence-corrected chi connectivity index (χ1v) is 9.65.